The fraction of sp³-hybridized carbons (Fsp3) is 0.600. The highest BCUT2D eigenvalue weighted by molar-refractivity contribution is 5.77. The Balaban J connectivity index is 4.31. The summed E-state index contributed by atoms with van der Waals surface area (Å²) in [6, 6.07) is -1.05. The minimum atomic E-state index is -1.05. The number of nitrogens with zero attached hydrogens (tertiary/aromatic N) is 3. The predicted octanol–water partition coefficient (Wildman–Crippen LogP) is 0.194. The van der Waals surface area contributed by atoms with Crippen LogP contribution < -0.4 is 0 Å². The van der Waals surface area contributed by atoms with Gasteiger partial charge < -0.3 is 9.47 Å². The van der Waals surface area contributed by atoms with E-state index >= 15 is 0 Å². The van der Waals surface area contributed by atoms with Crippen molar-refractivity contribution in [2.24, 2.45) is 9.98 Å². The maximum atomic E-state index is 11.5. The Hall–Kier alpha value is -2.48. The monoisotopic (exact) mass is 253 g/mol. The Morgan fingerprint density at radius 1 is 1.33 bits per heavy atom. The molecule has 0 amide bonds. The van der Waals surface area contributed by atoms with Gasteiger partial charge in [0.25, 0.3) is 6.26 Å². The number of esters is 1. The molecule has 2 atom stereocenters. The van der Waals surface area contributed by atoms with E-state index in [2.05, 4.69) is 14.7 Å². The molecule has 0 aliphatic heterocycles. The molecule has 0 aromatic heterocycles. The van der Waals surface area contributed by atoms with E-state index in [9.17, 15) is 14.4 Å². The summed E-state index contributed by atoms with van der Waals surface area (Å²) in [5.41, 5.74) is 0. The van der Waals surface area contributed by atoms with Gasteiger partial charge in [-0.05, 0) is 19.8 Å². The van der Waals surface area contributed by atoms with Gasteiger partial charge in [0.1, 0.15) is 6.61 Å². The van der Waals surface area contributed by atoms with Crippen LogP contribution in [0.4, 0.5) is 0 Å². The minimum absolute atomic E-state index is 0.108. The highest BCUT2D eigenvalue weighted by atomic mass is 16.6. The molecule has 0 aliphatic rings. The first-order chi connectivity index (χ1) is 8.65. The maximum Gasteiger partial charge on any atom is 0.333 e. The fourth-order valence-electron chi connectivity index (χ4n) is 1.04. The van der Waals surface area contributed by atoms with Crippen LogP contribution in [0.2, 0.25) is 0 Å². The summed E-state index contributed by atoms with van der Waals surface area (Å²) >= 11 is 0. The van der Waals surface area contributed by atoms with Crippen LogP contribution in [0.25, 0.3) is 0 Å². The lowest BCUT2D eigenvalue weighted by Gasteiger charge is -2.11. The number of ether oxygens (including phenoxy) is 2. The third kappa shape index (κ3) is 6.90. The summed E-state index contributed by atoms with van der Waals surface area (Å²) in [6.45, 7) is 1.47. The molecular formula is C10H11N3O5. The fourth-order valence-corrected chi connectivity index (χ4v) is 1.04. The topological polar surface area (TPSA) is 118 Å². The summed E-state index contributed by atoms with van der Waals surface area (Å²) in [6.07, 6.45) is 3.47. The summed E-state index contributed by atoms with van der Waals surface area (Å²) in [5.74, 6) is -0.804. The normalized spacial score (nSPS) is 12.0. The average molecular weight is 253 g/mol. The molecule has 8 nitrogen and oxygen atoms in total. The third-order valence-corrected chi connectivity index (χ3v) is 1.79. The van der Waals surface area contributed by atoms with Crippen molar-refractivity contribution >= 4 is 18.1 Å². The molecule has 18 heavy (non-hydrogen) atoms. The quantitative estimate of drug-likeness (QED) is 0.200. The van der Waals surface area contributed by atoms with E-state index in [0.717, 1.165) is 0 Å². The molecule has 2 unspecified atom stereocenters. The molecule has 0 radical (unpaired) electrons. The lowest BCUT2D eigenvalue weighted by Crippen LogP contribution is -2.25. The van der Waals surface area contributed by atoms with Crippen molar-refractivity contribution in [3.8, 4) is 6.26 Å². The second kappa shape index (κ2) is 9.73. The number of nitriles is 1. The van der Waals surface area contributed by atoms with E-state index in [1.807, 2.05) is 0 Å². The van der Waals surface area contributed by atoms with Crippen LogP contribution in [0.3, 0.4) is 0 Å². The molecule has 0 N–H and O–H groups in total. The number of hydrogen-bond donors (Lipinski definition) is 0. The number of rotatable bonds is 8. The van der Waals surface area contributed by atoms with E-state index in [1.165, 1.54) is 25.3 Å². The molecule has 0 aliphatic carbocycles. The number of hydrogen-bond acceptors (Lipinski definition) is 8. The number of carbonyl (C=O) groups excluding carboxylic acids is 3. The van der Waals surface area contributed by atoms with Crippen LogP contribution in [0.5, 0.6) is 0 Å². The zero-order valence-electron chi connectivity index (χ0n) is 9.66. The molecule has 0 saturated carbocycles. The van der Waals surface area contributed by atoms with Crippen LogP contribution in [0, 0.1) is 11.5 Å². The van der Waals surface area contributed by atoms with Crippen LogP contribution in [0.15, 0.2) is 9.98 Å². The van der Waals surface area contributed by atoms with Gasteiger partial charge in [-0.2, -0.15) is 15.2 Å². The molecule has 0 saturated heterocycles. The number of aliphatic imine (C=N–C) groups is 2. The molecule has 0 aromatic rings. The summed E-state index contributed by atoms with van der Waals surface area (Å²) in [7, 11) is 0. The largest absolute Gasteiger partial charge is 0.438 e. The molecule has 0 bridgehead atoms. The van der Waals surface area contributed by atoms with Gasteiger partial charge in [-0.15, -0.1) is 0 Å². The highest BCUT2D eigenvalue weighted by Crippen LogP contribution is 2.06. The Kier molecular flexibility index (Phi) is 8.39. The SMILES string of the molecule is CC(N=C=O)OC(=O)C(CCCOC#N)N=C=O. The Bertz CT molecular complexity index is 404. The molecular weight excluding hydrogens is 242 g/mol. The maximum absolute atomic E-state index is 11.5. The molecule has 0 fully saturated rings. The standard InChI is InChI=1S/C10H11N3O5/c1-8(12-6-14)18-10(16)9(13-7-15)3-2-4-17-5-11/h8-9H,2-4H2,1H3. The first kappa shape index (κ1) is 15.5. The van der Waals surface area contributed by atoms with Crippen molar-refractivity contribution in [3.63, 3.8) is 0 Å². The molecule has 0 heterocycles. The Labute approximate surface area is 103 Å². The molecule has 0 spiro atoms. The van der Waals surface area contributed by atoms with Gasteiger partial charge >= 0.3 is 5.97 Å². The summed E-state index contributed by atoms with van der Waals surface area (Å²) < 4.78 is 9.12. The van der Waals surface area contributed by atoms with Crippen molar-refractivity contribution in [1.29, 1.82) is 5.26 Å². The van der Waals surface area contributed by atoms with E-state index in [-0.39, 0.29) is 13.0 Å². The zero-order valence-corrected chi connectivity index (χ0v) is 9.66. The van der Waals surface area contributed by atoms with Crippen molar-refractivity contribution < 1.29 is 23.9 Å². The van der Waals surface area contributed by atoms with Crippen LogP contribution in [-0.4, -0.2) is 37.0 Å². The van der Waals surface area contributed by atoms with Crippen LogP contribution >= 0.6 is 0 Å². The van der Waals surface area contributed by atoms with Gasteiger partial charge in [-0.1, -0.05) is 0 Å². The van der Waals surface area contributed by atoms with E-state index < -0.39 is 18.2 Å². The van der Waals surface area contributed by atoms with Gasteiger partial charge in [0.2, 0.25) is 18.4 Å². The van der Waals surface area contributed by atoms with Crippen LogP contribution in [-0.2, 0) is 23.9 Å². The Morgan fingerprint density at radius 3 is 2.56 bits per heavy atom. The lowest BCUT2D eigenvalue weighted by atomic mass is 10.2. The zero-order chi connectivity index (χ0) is 13.8. The van der Waals surface area contributed by atoms with Crippen molar-refractivity contribution in [2.75, 3.05) is 6.61 Å². The lowest BCUT2D eigenvalue weighted by molar-refractivity contribution is -0.149. The van der Waals surface area contributed by atoms with E-state index in [0.29, 0.717) is 6.42 Å². The average Bonchev–Trinajstić information content (AvgIpc) is 2.33. The van der Waals surface area contributed by atoms with Gasteiger partial charge in [0.05, 0.1) is 0 Å². The smallest absolute Gasteiger partial charge is 0.333 e. The van der Waals surface area contributed by atoms with Gasteiger partial charge in [0.15, 0.2) is 6.04 Å². The number of carbonyl (C=O) groups is 1. The van der Waals surface area contributed by atoms with Crippen molar-refractivity contribution in [2.45, 2.75) is 32.0 Å². The van der Waals surface area contributed by atoms with Gasteiger partial charge in [0, 0.05) is 0 Å². The first-order valence-corrected chi connectivity index (χ1v) is 5.01. The summed E-state index contributed by atoms with van der Waals surface area (Å²) in [4.78, 5) is 38.0. The second-order valence-electron chi connectivity index (χ2n) is 3.07. The van der Waals surface area contributed by atoms with E-state index in [1.54, 1.807) is 0 Å². The molecule has 0 aromatic carbocycles. The van der Waals surface area contributed by atoms with Crippen molar-refractivity contribution in [3.05, 3.63) is 0 Å². The molecule has 8 heteroatoms. The van der Waals surface area contributed by atoms with E-state index in [4.69, 9.17) is 10.00 Å². The van der Waals surface area contributed by atoms with Gasteiger partial charge in [-0.25, -0.2) is 14.4 Å². The van der Waals surface area contributed by atoms with Gasteiger partial charge in [-0.3, -0.25) is 0 Å². The van der Waals surface area contributed by atoms with Crippen molar-refractivity contribution in [1.82, 2.24) is 0 Å². The molecule has 0 rings (SSSR count). The number of isocyanates is 2. The highest BCUT2D eigenvalue weighted by Gasteiger charge is 2.21. The first-order valence-electron chi connectivity index (χ1n) is 5.01. The Morgan fingerprint density at radius 2 is 2.00 bits per heavy atom. The minimum Gasteiger partial charge on any atom is -0.438 e. The molecule has 96 valence electrons. The second-order valence-corrected chi connectivity index (χ2v) is 3.07. The third-order valence-electron chi connectivity index (χ3n) is 1.79. The predicted molar refractivity (Wildman–Crippen MR) is 56.4 cm³/mol. The summed E-state index contributed by atoms with van der Waals surface area (Å²) in [5, 5.41) is 8.12. The van der Waals surface area contributed by atoms with Crippen LogP contribution in [0.1, 0.15) is 19.8 Å².